The van der Waals surface area contributed by atoms with Crippen LogP contribution in [-0.2, 0) is 6.54 Å². The van der Waals surface area contributed by atoms with Crippen LogP contribution < -0.4 is 0 Å². The van der Waals surface area contributed by atoms with Gasteiger partial charge in [-0.05, 0) is 49.0 Å². The lowest BCUT2D eigenvalue weighted by atomic mass is 9.92. The molecule has 0 radical (unpaired) electrons. The summed E-state index contributed by atoms with van der Waals surface area (Å²) in [4.78, 5) is 0. The summed E-state index contributed by atoms with van der Waals surface area (Å²) >= 11 is 0. The Balaban J connectivity index is 2.12. The van der Waals surface area contributed by atoms with E-state index >= 15 is 0 Å². The van der Waals surface area contributed by atoms with Gasteiger partial charge in [0.2, 0.25) is 0 Å². The molecular formula is C11H13N. The van der Waals surface area contributed by atoms with Crippen molar-refractivity contribution in [1.29, 1.82) is 0 Å². The van der Waals surface area contributed by atoms with Gasteiger partial charge in [0.25, 0.3) is 0 Å². The second kappa shape index (κ2) is 2.25. The summed E-state index contributed by atoms with van der Waals surface area (Å²) in [5.74, 6) is 0. The van der Waals surface area contributed by atoms with E-state index in [-0.39, 0.29) is 0 Å². The second-order valence-corrected chi connectivity index (χ2v) is 3.81. The lowest BCUT2D eigenvalue weighted by molar-refractivity contribution is 0.689. The molecule has 3 rings (SSSR count). The second-order valence-electron chi connectivity index (χ2n) is 3.81. The van der Waals surface area contributed by atoms with Crippen LogP contribution in [0.3, 0.4) is 0 Å². The molecule has 0 saturated carbocycles. The Morgan fingerprint density at radius 2 is 2.08 bits per heavy atom. The highest BCUT2D eigenvalue weighted by atomic mass is 15.0. The number of hydrogen-bond donors (Lipinski definition) is 0. The molecular weight excluding hydrogens is 146 g/mol. The molecule has 1 nitrogen and oxygen atoms in total. The molecule has 2 heterocycles. The zero-order chi connectivity index (χ0) is 7.97. The maximum atomic E-state index is 2.38. The molecule has 1 aliphatic carbocycles. The van der Waals surface area contributed by atoms with Crippen LogP contribution in [0.4, 0.5) is 0 Å². The smallest absolute Gasteiger partial charge is 0.0442 e. The number of rotatable bonds is 0. The van der Waals surface area contributed by atoms with E-state index in [1.807, 2.05) is 0 Å². The zero-order valence-electron chi connectivity index (χ0n) is 7.21. The minimum atomic E-state index is 1.18. The lowest BCUT2D eigenvalue weighted by Gasteiger charge is -2.12. The average Bonchev–Trinajstić information content (AvgIpc) is 2.62. The molecule has 0 atom stereocenters. The van der Waals surface area contributed by atoms with Gasteiger partial charge >= 0.3 is 0 Å². The van der Waals surface area contributed by atoms with Crippen molar-refractivity contribution in [3.05, 3.63) is 29.6 Å². The van der Waals surface area contributed by atoms with Crippen LogP contribution in [0.15, 0.2) is 23.9 Å². The Morgan fingerprint density at radius 3 is 3.08 bits per heavy atom. The third-order valence-electron chi connectivity index (χ3n) is 3.08. The number of allylic oxidation sites excluding steroid dienone is 2. The van der Waals surface area contributed by atoms with Gasteiger partial charge in [-0.1, -0.05) is 0 Å². The van der Waals surface area contributed by atoms with Gasteiger partial charge < -0.3 is 4.57 Å². The van der Waals surface area contributed by atoms with Gasteiger partial charge in [0.05, 0.1) is 0 Å². The Labute approximate surface area is 72.7 Å². The molecule has 0 spiro atoms. The Morgan fingerprint density at radius 1 is 1.17 bits per heavy atom. The van der Waals surface area contributed by atoms with E-state index in [2.05, 4.69) is 22.9 Å². The van der Waals surface area contributed by atoms with Gasteiger partial charge in [-0.25, -0.2) is 0 Å². The van der Waals surface area contributed by atoms with Crippen molar-refractivity contribution in [2.45, 2.75) is 32.2 Å². The summed E-state index contributed by atoms with van der Waals surface area (Å²) in [6.07, 6.45) is 7.66. The third-order valence-corrected chi connectivity index (χ3v) is 3.08. The molecule has 0 amide bonds. The van der Waals surface area contributed by atoms with Crippen molar-refractivity contribution in [1.82, 2.24) is 4.57 Å². The molecule has 0 aromatic carbocycles. The molecule has 0 N–H and O–H groups in total. The molecule has 0 bridgehead atoms. The molecule has 0 unspecified atom stereocenters. The first-order valence-corrected chi connectivity index (χ1v) is 4.81. The molecule has 1 aromatic heterocycles. The van der Waals surface area contributed by atoms with Crippen LogP contribution in [0.5, 0.6) is 0 Å². The first-order chi connectivity index (χ1) is 5.95. The van der Waals surface area contributed by atoms with Gasteiger partial charge in [0.15, 0.2) is 0 Å². The minimum Gasteiger partial charge on any atom is -0.344 e. The topological polar surface area (TPSA) is 4.93 Å². The average molecular weight is 159 g/mol. The first kappa shape index (κ1) is 6.53. The van der Waals surface area contributed by atoms with Crippen molar-refractivity contribution in [2.75, 3.05) is 0 Å². The van der Waals surface area contributed by atoms with Crippen LogP contribution in [0.2, 0.25) is 0 Å². The molecule has 2 aliphatic rings. The maximum Gasteiger partial charge on any atom is 0.0442 e. The van der Waals surface area contributed by atoms with Crippen molar-refractivity contribution in [3.8, 4) is 0 Å². The van der Waals surface area contributed by atoms with Crippen LogP contribution in [0.1, 0.15) is 31.4 Å². The van der Waals surface area contributed by atoms with Gasteiger partial charge in [-0.2, -0.15) is 0 Å². The fourth-order valence-corrected chi connectivity index (χ4v) is 2.48. The summed E-state index contributed by atoms with van der Waals surface area (Å²) in [5.41, 5.74) is 4.85. The Hall–Kier alpha value is -0.980. The highest BCUT2D eigenvalue weighted by molar-refractivity contribution is 5.70. The highest BCUT2D eigenvalue weighted by Gasteiger charge is 2.22. The van der Waals surface area contributed by atoms with Gasteiger partial charge in [-0.3, -0.25) is 0 Å². The number of fused-ring (bicyclic) bond motifs is 2. The summed E-state index contributed by atoms with van der Waals surface area (Å²) in [6, 6.07) is 4.42. The normalized spacial score (nSPS) is 21.0. The first-order valence-electron chi connectivity index (χ1n) is 4.81. The van der Waals surface area contributed by atoms with Crippen molar-refractivity contribution >= 4 is 5.57 Å². The molecule has 1 heteroatoms. The van der Waals surface area contributed by atoms with Crippen molar-refractivity contribution in [3.63, 3.8) is 0 Å². The van der Waals surface area contributed by atoms with Crippen molar-refractivity contribution in [2.24, 2.45) is 0 Å². The lowest BCUT2D eigenvalue weighted by Crippen LogP contribution is -1.95. The van der Waals surface area contributed by atoms with E-state index in [1.165, 1.54) is 37.9 Å². The zero-order valence-corrected chi connectivity index (χ0v) is 7.21. The van der Waals surface area contributed by atoms with Gasteiger partial charge in [0, 0.05) is 18.4 Å². The quantitative estimate of drug-likeness (QED) is 0.548. The van der Waals surface area contributed by atoms with E-state index in [1.54, 1.807) is 11.1 Å². The summed E-state index contributed by atoms with van der Waals surface area (Å²) in [7, 11) is 0. The third kappa shape index (κ3) is 0.739. The molecule has 1 aliphatic heterocycles. The Kier molecular flexibility index (Phi) is 1.23. The fourth-order valence-electron chi connectivity index (χ4n) is 2.48. The summed E-state index contributed by atoms with van der Waals surface area (Å²) in [6.45, 7) is 1.18. The van der Waals surface area contributed by atoms with E-state index in [0.29, 0.717) is 0 Å². The van der Waals surface area contributed by atoms with Crippen LogP contribution in [0.25, 0.3) is 5.57 Å². The number of nitrogens with zero attached hydrogens (tertiary/aromatic N) is 1. The highest BCUT2D eigenvalue weighted by Crippen LogP contribution is 2.37. The van der Waals surface area contributed by atoms with E-state index in [0.717, 1.165) is 0 Å². The Bertz CT molecular complexity index is 344. The molecule has 0 saturated heterocycles. The van der Waals surface area contributed by atoms with Crippen LogP contribution in [-0.4, -0.2) is 4.57 Å². The molecule has 1 aromatic rings. The van der Waals surface area contributed by atoms with E-state index in [9.17, 15) is 0 Å². The standard InChI is InChI=1S/C11H13N/c1-2-5-10-9(4-1)8-12-7-3-6-11(10)12/h3,6-7H,1-2,4-5,8H2. The maximum absolute atomic E-state index is 2.38. The van der Waals surface area contributed by atoms with E-state index in [4.69, 9.17) is 0 Å². The minimum absolute atomic E-state index is 1.18. The summed E-state index contributed by atoms with van der Waals surface area (Å²) < 4.78 is 2.38. The number of aromatic nitrogens is 1. The largest absolute Gasteiger partial charge is 0.344 e. The molecule has 0 fully saturated rings. The molecule has 62 valence electrons. The predicted octanol–water partition coefficient (Wildman–Crippen LogP) is 2.83. The monoisotopic (exact) mass is 159 g/mol. The fraction of sp³-hybridized carbons (Fsp3) is 0.455. The van der Waals surface area contributed by atoms with Crippen LogP contribution >= 0.6 is 0 Å². The van der Waals surface area contributed by atoms with Crippen molar-refractivity contribution < 1.29 is 0 Å². The van der Waals surface area contributed by atoms with Gasteiger partial charge in [0.1, 0.15) is 0 Å². The SMILES string of the molecule is c1cc2n(c1)CC1=C2CCCC1. The predicted molar refractivity (Wildman–Crippen MR) is 49.8 cm³/mol. The van der Waals surface area contributed by atoms with E-state index < -0.39 is 0 Å². The summed E-state index contributed by atoms with van der Waals surface area (Å²) in [5, 5.41) is 0. The molecule has 12 heavy (non-hydrogen) atoms. The number of hydrogen-bond acceptors (Lipinski definition) is 0. The van der Waals surface area contributed by atoms with Crippen LogP contribution in [0, 0.1) is 0 Å². The van der Waals surface area contributed by atoms with Gasteiger partial charge in [-0.15, -0.1) is 0 Å².